The molecule has 0 bridgehead atoms. The Hall–Kier alpha value is -1.31. The maximum Gasteiger partial charge on any atom is 0.116 e. The summed E-state index contributed by atoms with van der Waals surface area (Å²) >= 11 is 0. The first kappa shape index (κ1) is 8.78. The molecule has 0 aromatic heterocycles. The van der Waals surface area contributed by atoms with Crippen LogP contribution >= 0.6 is 0 Å². The minimum Gasteiger partial charge on any atom is -0.396 e. The predicted molar refractivity (Wildman–Crippen MR) is 49.1 cm³/mol. The summed E-state index contributed by atoms with van der Waals surface area (Å²) in [6.07, 6.45) is 2.67. The van der Waals surface area contributed by atoms with Gasteiger partial charge in [0.05, 0.1) is 6.21 Å². The van der Waals surface area contributed by atoms with E-state index < -0.39 is 0 Å². The fourth-order valence-electron chi connectivity index (χ4n) is 0.730. The van der Waals surface area contributed by atoms with E-state index in [4.69, 9.17) is 4.84 Å². The highest BCUT2D eigenvalue weighted by Gasteiger charge is 1.83. The summed E-state index contributed by atoms with van der Waals surface area (Å²) in [5, 5.41) is 3.79. The summed E-state index contributed by atoms with van der Waals surface area (Å²) in [5.41, 5.74) is 1.01. The SMILES string of the molecule is CCCO/N=C/c1c[c]ccc1. The lowest BCUT2D eigenvalue weighted by atomic mass is 10.2. The van der Waals surface area contributed by atoms with Crippen molar-refractivity contribution >= 4 is 6.21 Å². The van der Waals surface area contributed by atoms with E-state index in [1.165, 1.54) is 0 Å². The summed E-state index contributed by atoms with van der Waals surface area (Å²) in [4.78, 5) is 4.94. The van der Waals surface area contributed by atoms with Gasteiger partial charge in [-0.25, -0.2) is 0 Å². The molecule has 1 radical (unpaired) electrons. The summed E-state index contributed by atoms with van der Waals surface area (Å²) in [7, 11) is 0. The van der Waals surface area contributed by atoms with Crippen molar-refractivity contribution in [2.24, 2.45) is 5.16 Å². The molecule has 12 heavy (non-hydrogen) atoms. The molecule has 0 atom stereocenters. The fraction of sp³-hybridized carbons (Fsp3) is 0.300. The highest BCUT2D eigenvalue weighted by atomic mass is 16.6. The molecule has 0 spiro atoms. The van der Waals surface area contributed by atoms with Crippen LogP contribution in [0.1, 0.15) is 18.9 Å². The predicted octanol–water partition coefficient (Wildman–Crippen LogP) is 2.25. The molecule has 0 saturated carbocycles. The van der Waals surface area contributed by atoms with Gasteiger partial charge < -0.3 is 4.84 Å². The lowest BCUT2D eigenvalue weighted by Crippen LogP contribution is -1.85. The highest BCUT2D eigenvalue weighted by molar-refractivity contribution is 5.78. The van der Waals surface area contributed by atoms with Gasteiger partial charge in [-0.15, -0.1) is 0 Å². The van der Waals surface area contributed by atoms with Crippen molar-refractivity contribution in [3.63, 3.8) is 0 Å². The van der Waals surface area contributed by atoms with E-state index in [9.17, 15) is 0 Å². The number of nitrogens with zero attached hydrogens (tertiary/aromatic N) is 1. The maximum absolute atomic E-state index is 4.94. The van der Waals surface area contributed by atoms with Gasteiger partial charge >= 0.3 is 0 Å². The lowest BCUT2D eigenvalue weighted by Gasteiger charge is -1.93. The van der Waals surface area contributed by atoms with Crippen LogP contribution in [0.15, 0.2) is 29.4 Å². The average Bonchev–Trinajstić information content (AvgIpc) is 2.14. The van der Waals surface area contributed by atoms with Gasteiger partial charge in [0.25, 0.3) is 0 Å². The number of benzene rings is 1. The van der Waals surface area contributed by atoms with Crippen molar-refractivity contribution < 1.29 is 4.84 Å². The molecular formula is C10H12NO. The Morgan fingerprint density at radius 1 is 1.67 bits per heavy atom. The third-order valence-corrected chi connectivity index (χ3v) is 1.30. The molecule has 0 aliphatic carbocycles. The standard InChI is InChI=1S/C10H12NO/c1-2-8-12-11-9-10-6-4-3-5-7-10/h3-4,6-7,9H,2,8H2,1H3/b11-9+. The molecule has 2 nitrogen and oxygen atoms in total. The molecule has 0 aliphatic rings. The van der Waals surface area contributed by atoms with Gasteiger partial charge in [0, 0.05) is 0 Å². The largest absolute Gasteiger partial charge is 0.396 e. The van der Waals surface area contributed by atoms with Crippen LogP contribution in [-0.4, -0.2) is 12.8 Å². The zero-order valence-corrected chi connectivity index (χ0v) is 7.16. The number of hydrogen-bond donors (Lipinski definition) is 0. The van der Waals surface area contributed by atoms with Crippen LogP contribution in [0.5, 0.6) is 0 Å². The fourth-order valence-corrected chi connectivity index (χ4v) is 0.730. The maximum atomic E-state index is 4.94. The molecule has 1 aromatic carbocycles. The van der Waals surface area contributed by atoms with Gasteiger partial charge in [-0.2, -0.15) is 0 Å². The topological polar surface area (TPSA) is 21.6 Å². The van der Waals surface area contributed by atoms with Gasteiger partial charge in [0.2, 0.25) is 0 Å². The van der Waals surface area contributed by atoms with Crippen molar-refractivity contribution in [2.75, 3.05) is 6.61 Å². The molecule has 1 rings (SSSR count). The smallest absolute Gasteiger partial charge is 0.116 e. The molecule has 0 saturated heterocycles. The molecule has 0 N–H and O–H groups in total. The molecule has 1 aromatic rings. The van der Waals surface area contributed by atoms with Crippen LogP contribution < -0.4 is 0 Å². The minimum absolute atomic E-state index is 0.674. The van der Waals surface area contributed by atoms with E-state index in [0.717, 1.165) is 12.0 Å². The monoisotopic (exact) mass is 162 g/mol. The third-order valence-electron chi connectivity index (χ3n) is 1.30. The van der Waals surface area contributed by atoms with E-state index in [-0.39, 0.29) is 0 Å². The Balaban J connectivity index is 2.36. The summed E-state index contributed by atoms with van der Waals surface area (Å²) < 4.78 is 0. The lowest BCUT2D eigenvalue weighted by molar-refractivity contribution is 0.146. The second-order valence-electron chi connectivity index (χ2n) is 2.40. The van der Waals surface area contributed by atoms with Crippen molar-refractivity contribution in [1.29, 1.82) is 0 Å². The Morgan fingerprint density at radius 3 is 3.25 bits per heavy atom. The summed E-state index contributed by atoms with van der Waals surface area (Å²) in [6.45, 7) is 2.72. The van der Waals surface area contributed by atoms with Gasteiger partial charge in [-0.05, 0) is 24.1 Å². The van der Waals surface area contributed by atoms with Crippen molar-refractivity contribution in [2.45, 2.75) is 13.3 Å². The first-order valence-corrected chi connectivity index (χ1v) is 4.05. The Morgan fingerprint density at radius 2 is 2.58 bits per heavy atom. The Labute approximate surface area is 72.9 Å². The molecule has 0 amide bonds. The molecule has 63 valence electrons. The third kappa shape index (κ3) is 3.19. The van der Waals surface area contributed by atoms with E-state index >= 15 is 0 Å². The number of rotatable bonds is 4. The van der Waals surface area contributed by atoms with E-state index in [1.54, 1.807) is 6.21 Å². The Kier molecular flexibility index (Phi) is 3.92. The first-order valence-electron chi connectivity index (χ1n) is 4.05. The van der Waals surface area contributed by atoms with Gasteiger partial charge in [0.15, 0.2) is 0 Å². The summed E-state index contributed by atoms with van der Waals surface area (Å²) in [6, 6.07) is 10.5. The molecule has 0 aliphatic heterocycles. The van der Waals surface area contributed by atoms with Crippen LogP contribution in [0.3, 0.4) is 0 Å². The quantitative estimate of drug-likeness (QED) is 0.378. The highest BCUT2D eigenvalue weighted by Crippen LogP contribution is 1.93. The first-order chi connectivity index (χ1) is 5.93. The van der Waals surface area contributed by atoms with Crippen molar-refractivity contribution in [3.8, 4) is 0 Å². The molecule has 0 fully saturated rings. The van der Waals surface area contributed by atoms with Crippen molar-refractivity contribution in [1.82, 2.24) is 0 Å². The average molecular weight is 162 g/mol. The summed E-state index contributed by atoms with van der Waals surface area (Å²) in [5.74, 6) is 0. The zero-order valence-electron chi connectivity index (χ0n) is 7.16. The number of hydrogen-bond acceptors (Lipinski definition) is 2. The zero-order chi connectivity index (χ0) is 8.65. The molecule has 0 unspecified atom stereocenters. The van der Waals surface area contributed by atoms with E-state index in [1.807, 2.05) is 31.2 Å². The van der Waals surface area contributed by atoms with Crippen LogP contribution in [0.4, 0.5) is 0 Å². The molecule has 0 heterocycles. The van der Waals surface area contributed by atoms with Crippen LogP contribution in [0.2, 0.25) is 0 Å². The van der Waals surface area contributed by atoms with E-state index in [0.29, 0.717) is 6.61 Å². The number of oxime groups is 1. The second-order valence-corrected chi connectivity index (χ2v) is 2.40. The van der Waals surface area contributed by atoms with Gasteiger partial charge in [-0.3, -0.25) is 0 Å². The molecular weight excluding hydrogens is 150 g/mol. The Bertz CT molecular complexity index is 231. The second kappa shape index (κ2) is 5.35. The van der Waals surface area contributed by atoms with Crippen LogP contribution in [0, 0.1) is 6.07 Å². The van der Waals surface area contributed by atoms with Crippen LogP contribution in [0.25, 0.3) is 0 Å². The minimum atomic E-state index is 0.674. The van der Waals surface area contributed by atoms with Crippen molar-refractivity contribution in [3.05, 3.63) is 35.9 Å². The normalized spacial score (nSPS) is 10.4. The van der Waals surface area contributed by atoms with Gasteiger partial charge in [-0.1, -0.05) is 30.3 Å². The van der Waals surface area contributed by atoms with E-state index in [2.05, 4.69) is 11.2 Å². The molecule has 2 heteroatoms. The van der Waals surface area contributed by atoms with Crippen LogP contribution in [-0.2, 0) is 4.84 Å². The van der Waals surface area contributed by atoms with Gasteiger partial charge in [0.1, 0.15) is 6.61 Å².